The molecule has 0 unspecified atom stereocenters. The Kier molecular flexibility index (Phi) is 2.57. The number of hydrogen-bond acceptors (Lipinski definition) is 2. The maximum Gasteiger partial charge on any atom is 0.0950 e. The molecule has 82 valence electrons. The molecule has 0 aromatic rings. The summed E-state index contributed by atoms with van der Waals surface area (Å²) >= 11 is 7.17. The molecule has 0 radical (unpaired) electrons. The van der Waals surface area contributed by atoms with Crippen molar-refractivity contribution < 1.29 is 0 Å². The van der Waals surface area contributed by atoms with E-state index in [4.69, 9.17) is 0 Å². The van der Waals surface area contributed by atoms with Crippen LogP contribution in [0.2, 0.25) is 0 Å². The number of allylic oxidation sites excluding steroid dienone is 4. The Hall–Kier alpha value is -0.580. The van der Waals surface area contributed by atoms with Gasteiger partial charge in [0.1, 0.15) is 0 Å². The number of alkyl halides is 2. The summed E-state index contributed by atoms with van der Waals surface area (Å²) in [7, 11) is 0. The van der Waals surface area contributed by atoms with Gasteiger partial charge in [0.05, 0.1) is 12.1 Å². The third-order valence-electron chi connectivity index (χ3n) is 4.17. The molecule has 0 spiro atoms. The molecule has 0 bridgehead atoms. The first-order valence-corrected chi connectivity index (χ1v) is 6.79. The Balaban J connectivity index is 2.66. The molecule has 0 aromatic heterocycles. The van der Waals surface area contributed by atoms with Crippen molar-refractivity contribution in [3.63, 3.8) is 0 Å². The Morgan fingerprint density at radius 1 is 1.00 bits per heavy atom. The zero-order valence-electron chi connectivity index (χ0n) is 8.96. The molecule has 2 aliphatic carbocycles. The van der Waals surface area contributed by atoms with Crippen molar-refractivity contribution in [3.8, 4) is 12.1 Å². The predicted molar refractivity (Wildman–Crippen MR) is 69.0 cm³/mol. The highest BCUT2D eigenvalue weighted by atomic mass is 79.9. The van der Waals surface area contributed by atoms with E-state index in [1.807, 2.05) is 26.0 Å². The highest BCUT2D eigenvalue weighted by Crippen LogP contribution is 2.65. The third kappa shape index (κ3) is 1.05. The maximum absolute atomic E-state index is 9.22. The van der Waals surface area contributed by atoms with Gasteiger partial charge >= 0.3 is 0 Å². The van der Waals surface area contributed by atoms with Crippen LogP contribution >= 0.6 is 31.9 Å². The van der Waals surface area contributed by atoms with Crippen molar-refractivity contribution in [2.75, 3.05) is 0 Å². The molecular formula is C12H10Br2N2. The molecule has 16 heavy (non-hydrogen) atoms. The van der Waals surface area contributed by atoms with Crippen molar-refractivity contribution in [3.05, 3.63) is 23.3 Å². The van der Waals surface area contributed by atoms with E-state index in [1.54, 1.807) is 0 Å². The molecular weight excluding hydrogens is 332 g/mol. The number of rotatable bonds is 0. The fourth-order valence-electron chi connectivity index (χ4n) is 2.71. The molecule has 2 aliphatic rings. The van der Waals surface area contributed by atoms with Gasteiger partial charge in [-0.25, -0.2) is 0 Å². The predicted octanol–water partition coefficient (Wildman–Crippen LogP) is 3.45. The smallest absolute Gasteiger partial charge is 0.0950 e. The van der Waals surface area contributed by atoms with Gasteiger partial charge in [-0.3, -0.25) is 0 Å². The van der Waals surface area contributed by atoms with Crippen LogP contribution in [0.3, 0.4) is 0 Å². The van der Waals surface area contributed by atoms with E-state index < -0.39 is 0 Å². The maximum atomic E-state index is 9.22. The third-order valence-corrected chi connectivity index (χ3v) is 6.53. The summed E-state index contributed by atoms with van der Waals surface area (Å²) in [5.74, 6) is 0. The topological polar surface area (TPSA) is 47.6 Å². The normalized spacial score (nSPS) is 45.4. The standard InChI is InChI=1S/C12H10Br2N2/c1-11-7(5-15)3-10(14)12(11,2)8(6-16)4-9(11)13/h3-4,9-10H,1-2H3/t9-,10-,11+,12+/m1/s1. The lowest BCUT2D eigenvalue weighted by atomic mass is 9.65. The van der Waals surface area contributed by atoms with Crippen LogP contribution in [0.25, 0.3) is 0 Å². The summed E-state index contributed by atoms with van der Waals surface area (Å²) in [6, 6.07) is 4.53. The van der Waals surface area contributed by atoms with Crippen molar-refractivity contribution in [1.29, 1.82) is 10.5 Å². The van der Waals surface area contributed by atoms with Crippen LogP contribution in [0.5, 0.6) is 0 Å². The SMILES string of the molecule is C[C@@]12C(C#N)=C[C@@H](Br)[C@]1(C)C(C#N)=C[C@H]2Br. The quantitative estimate of drug-likeness (QED) is 0.633. The van der Waals surface area contributed by atoms with Crippen molar-refractivity contribution in [1.82, 2.24) is 0 Å². The molecule has 2 rings (SSSR count). The molecule has 0 saturated carbocycles. The van der Waals surface area contributed by atoms with Gasteiger partial charge in [-0.2, -0.15) is 10.5 Å². The van der Waals surface area contributed by atoms with Crippen LogP contribution in [0.15, 0.2) is 23.3 Å². The van der Waals surface area contributed by atoms with Gasteiger partial charge in [-0.1, -0.05) is 57.9 Å². The van der Waals surface area contributed by atoms with Gasteiger partial charge in [-0.15, -0.1) is 0 Å². The van der Waals surface area contributed by atoms with Gasteiger partial charge in [-0.05, 0) is 0 Å². The minimum atomic E-state index is -0.332. The Morgan fingerprint density at radius 2 is 1.31 bits per heavy atom. The molecule has 0 heterocycles. The first-order chi connectivity index (χ1) is 7.42. The van der Waals surface area contributed by atoms with E-state index in [1.165, 1.54) is 0 Å². The van der Waals surface area contributed by atoms with Crippen LogP contribution in [-0.4, -0.2) is 9.65 Å². The highest BCUT2D eigenvalue weighted by Gasteiger charge is 2.63. The number of halogens is 2. The monoisotopic (exact) mass is 340 g/mol. The largest absolute Gasteiger partial charge is 0.193 e. The lowest BCUT2D eigenvalue weighted by Gasteiger charge is -2.40. The number of nitriles is 2. The Bertz CT molecular complexity index is 448. The minimum absolute atomic E-state index is 0.0353. The van der Waals surface area contributed by atoms with Gasteiger partial charge in [0.2, 0.25) is 0 Å². The van der Waals surface area contributed by atoms with Crippen LogP contribution in [-0.2, 0) is 0 Å². The number of nitrogens with zero attached hydrogens (tertiary/aromatic N) is 2. The van der Waals surface area contributed by atoms with E-state index in [0.717, 1.165) is 11.1 Å². The fraction of sp³-hybridized carbons (Fsp3) is 0.500. The lowest BCUT2D eigenvalue weighted by Crippen LogP contribution is -2.41. The van der Waals surface area contributed by atoms with E-state index >= 15 is 0 Å². The first kappa shape index (κ1) is 11.9. The number of hydrogen-bond donors (Lipinski definition) is 0. The van der Waals surface area contributed by atoms with Gasteiger partial charge < -0.3 is 0 Å². The molecule has 0 fully saturated rings. The molecule has 0 aliphatic heterocycles. The summed E-state index contributed by atoms with van der Waals surface area (Å²) in [6.45, 7) is 4.09. The summed E-state index contributed by atoms with van der Waals surface area (Å²) in [4.78, 5) is 0.0706. The van der Waals surface area contributed by atoms with Crippen molar-refractivity contribution >= 4 is 31.9 Å². The fourth-order valence-corrected chi connectivity index (χ4v) is 4.68. The summed E-state index contributed by atoms with van der Waals surface area (Å²) < 4.78 is 0. The Labute approximate surface area is 112 Å². The lowest BCUT2D eigenvalue weighted by molar-refractivity contribution is 0.230. The molecule has 0 aromatic carbocycles. The van der Waals surface area contributed by atoms with Gasteiger partial charge in [0, 0.05) is 31.6 Å². The van der Waals surface area contributed by atoms with E-state index in [-0.39, 0.29) is 20.5 Å². The highest BCUT2D eigenvalue weighted by molar-refractivity contribution is 9.10. The van der Waals surface area contributed by atoms with Crippen LogP contribution in [0.4, 0.5) is 0 Å². The molecule has 0 saturated heterocycles. The molecule has 4 heteroatoms. The van der Waals surface area contributed by atoms with Crippen LogP contribution in [0, 0.1) is 33.5 Å². The summed E-state index contributed by atoms with van der Waals surface area (Å²) in [5, 5.41) is 18.4. The summed E-state index contributed by atoms with van der Waals surface area (Å²) in [6.07, 6.45) is 3.86. The number of fused-ring (bicyclic) bond motifs is 1. The summed E-state index contributed by atoms with van der Waals surface area (Å²) in [5.41, 5.74) is 0.836. The van der Waals surface area contributed by atoms with Crippen LogP contribution in [0.1, 0.15) is 13.8 Å². The van der Waals surface area contributed by atoms with E-state index in [2.05, 4.69) is 44.0 Å². The second-order valence-electron chi connectivity index (χ2n) is 4.59. The van der Waals surface area contributed by atoms with Crippen LogP contribution < -0.4 is 0 Å². The zero-order chi connectivity index (χ0) is 12.1. The minimum Gasteiger partial charge on any atom is -0.193 e. The average Bonchev–Trinajstić information content (AvgIpc) is 2.59. The van der Waals surface area contributed by atoms with Gasteiger partial charge in [0.25, 0.3) is 0 Å². The van der Waals surface area contributed by atoms with E-state index in [0.29, 0.717) is 0 Å². The second-order valence-corrected chi connectivity index (χ2v) is 6.57. The van der Waals surface area contributed by atoms with Crippen molar-refractivity contribution in [2.24, 2.45) is 10.8 Å². The average molecular weight is 342 g/mol. The molecule has 2 nitrogen and oxygen atoms in total. The molecule has 4 atom stereocenters. The van der Waals surface area contributed by atoms with E-state index in [9.17, 15) is 10.5 Å². The van der Waals surface area contributed by atoms with Gasteiger partial charge in [0.15, 0.2) is 0 Å². The molecule has 0 amide bonds. The first-order valence-electron chi connectivity index (χ1n) is 4.96. The Morgan fingerprint density at radius 3 is 1.56 bits per heavy atom. The molecule has 0 N–H and O–H groups in total. The van der Waals surface area contributed by atoms with Crippen molar-refractivity contribution in [2.45, 2.75) is 23.5 Å². The second kappa shape index (κ2) is 3.45. The zero-order valence-corrected chi connectivity index (χ0v) is 12.1.